The van der Waals surface area contributed by atoms with Crippen molar-refractivity contribution in [3.05, 3.63) is 16.4 Å². The van der Waals surface area contributed by atoms with Crippen LogP contribution in [0.2, 0.25) is 5.02 Å². The molecule has 10 heteroatoms. The van der Waals surface area contributed by atoms with E-state index < -0.39 is 28.8 Å². The van der Waals surface area contributed by atoms with Crippen molar-refractivity contribution in [1.29, 1.82) is 0 Å². The minimum atomic E-state index is -4.66. The predicted octanol–water partition coefficient (Wildman–Crippen LogP) is 1.79. The second-order valence-corrected chi connectivity index (χ2v) is 5.32. The van der Waals surface area contributed by atoms with Crippen LogP contribution in [0, 0.1) is 6.92 Å². The van der Waals surface area contributed by atoms with Crippen LogP contribution < -0.4 is 5.43 Å². The Labute approximate surface area is 130 Å². The van der Waals surface area contributed by atoms with Gasteiger partial charge in [-0.25, -0.2) is 5.01 Å². The third-order valence-electron chi connectivity index (χ3n) is 3.37. The lowest BCUT2D eigenvalue weighted by molar-refractivity contribution is -0.142. The number of hydrogen-bond donors (Lipinski definition) is 1. The summed E-state index contributed by atoms with van der Waals surface area (Å²) in [5, 5.41) is 4.62. The molecule has 0 aromatic carbocycles. The number of ether oxygens (including phenoxy) is 1. The van der Waals surface area contributed by atoms with Crippen LogP contribution in [-0.2, 0) is 15.7 Å². The number of alkyl halides is 3. The van der Waals surface area contributed by atoms with Crippen LogP contribution in [0.4, 0.5) is 13.2 Å². The van der Waals surface area contributed by atoms with E-state index in [9.17, 15) is 18.0 Å². The first-order chi connectivity index (χ1) is 10.2. The molecule has 1 saturated heterocycles. The number of amides is 1. The molecule has 0 radical (unpaired) electrons. The summed E-state index contributed by atoms with van der Waals surface area (Å²) in [6, 6.07) is -0.920. The first-order valence-electron chi connectivity index (χ1n) is 6.66. The van der Waals surface area contributed by atoms with E-state index in [1.165, 1.54) is 13.8 Å². The lowest BCUT2D eigenvalue weighted by Crippen LogP contribution is -2.50. The van der Waals surface area contributed by atoms with Crippen LogP contribution in [0.3, 0.4) is 0 Å². The second-order valence-electron chi connectivity index (χ2n) is 4.94. The molecule has 1 aliphatic rings. The Morgan fingerprint density at radius 3 is 2.50 bits per heavy atom. The van der Waals surface area contributed by atoms with Crippen molar-refractivity contribution in [3.63, 3.8) is 0 Å². The molecule has 0 spiro atoms. The zero-order chi connectivity index (χ0) is 16.5. The van der Waals surface area contributed by atoms with Gasteiger partial charge in [0, 0.05) is 13.1 Å². The SMILES string of the molecule is Cc1c(Cl)c(C(F)(F)F)nn1[C@H](C)C(=O)NN1CCOCC1. The summed E-state index contributed by atoms with van der Waals surface area (Å²) in [6.45, 7) is 4.87. The molecule has 124 valence electrons. The Morgan fingerprint density at radius 1 is 1.41 bits per heavy atom. The van der Waals surface area contributed by atoms with E-state index in [1.54, 1.807) is 5.01 Å². The van der Waals surface area contributed by atoms with Gasteiger partial charge < -0.3 is 4.74 Å². The van der Waals surface area contributed by atoms with Crippen molar-refractivity contribution in [2.75, 3.05) is 26.3 Å². The number of hydrazine groups is 1. The lowest BCUT2D eigenvalue weighted by Gasteiger charge is -2.28. The summed E-state index contributed by atoms with van der Waals surface area (Å²) >= 11 is 5.68. The van der Waals surface area contributed by atoms with Gasteiger partial charge in [0.1, 0.15) is 6.04 Å². The molecular formula is C12H16ClF3N4O2. The van der Waals surface area contributed by atoms with Crippen molar-refractivity contribution >= 4 is 17.5 Å². The molecule has 1 N–H and O–H groups in total. The summed E-state index contributed by atoms with van der Waals surface area (Å²) in [7, 11) is 0. The van der Waals surface area contributed by atoms with Crippen LogP contribution in [0.1, 0.15) is 24.4 Å². The predicted molar refractivity (Wildman–Crippen MR) is 72.2 cm³/mol. The van der Waals surface area contributed by atoms with Crippen molar-refractivity contribution in [3.8, 4) is 0 Å². The molecule has 6 nitrogen and oxygen atoms in total. The molecule has 1 aromatic rings. The Bertz CT molecular complexity index is 555. The highest BCUT2D eigenvalue weighted by molar-refractivity contribution is 6.32. The summed E-state index contributed by atoms with van der Waals surface area (Å²) in [5.74, 6) is -0.460. The number of morpholine rings is 1. The third-order valence-corrected chi connectivity index (χ3v) is 3.82. The van der Waals surface area contributed by atoms with Gasteiger partial charge in [0.25, 0.3) is 5.91 Å². The maximum Gasteiger partial charge on any atom is 0.436 e. The molecule has 0 unspecified atom stereocenters. The van der Waals surface area contributed by atoms with Gasteiger partial charge in [0.05, 0.1) is 23.9 Å². The van der Waals surface area contributed by atoms with Gasteiger partial charge in [-0.15, -0.1) is 0 Å². The first-order valence-corrected chi connectivity index (χ1v) is 7.04. The normalized spacial score (nSPS) is 18.3. The summed E-state index contributed by atoms with van der Waals surface area (Å²) in [4.78, 5) is 12.2. The maximum absolute atomic E-state index is 12.8. The van der Waals surface area contributed by atoms with Gasteiger partial charge in [-0.2, -0.15) is 18.3 Å². The van der Waals surface area contributed by atoms with Crippen LogP contribution in [0.5, 0.6) is 0 Å². The quantitative estimate of drug-likeness (QED) is 0.911. The Morgan fingerprint density at radius 2 is 2.00 bits per heavy atom. The van der Waals surface area contributed by atoms with Crippen molar-refractivity contribution in [1.82, 2.24) is 20.2 Å². The van der Waals surface area contributed by atoms with E-state index in [0.29, 0.717) is 26.3 Å². The monoisotopic (exact) mass is 340 g/mol. The van der Waals surface area contributed by atoms with Gasteiger partial charge in [0.15, 0.2) is 5.69 Å². The van der Waals surface area contributed by atoms with Gasteiger partial charge in [0.2, 0.25) is 0 Å². The fourth-order valence-electron chi connectivity index (χ4n) is 2.09. The number of nitrogens with one attached hydrogen (secondary N) is 1. The largest absolute Gasteiger partial charge is 0.436 e. The molecular weight excluding hydrogens is 325 g/mol. The molecule has 2 rings (SSSR count). The highest BCUT2D eigenvalue weighted by Gasteiger charge is 2.39. The average molecular weight is 341 g/mol. The van der Waals surface area contributed by atoms with E-state index in [1.807, 2.05) is 0 Å². The van der Waals surface area contributed by atoms with Crippen LogP contribution in [0.25, 0.3) is 0 Å². The minimum Gasteiger partial charge on any atom is -0.379 e. The number of rotatable bonds is 3. The van der Waals surface area contributed by atoms with Gasteiger partial charge in [-0.1, -0.05) is 11.6 Å². The highest BCUT2D eigenvalue weighted by Crippen LogP contribution is 2.36. The Hall–Kier alpha value is -1.32. The van der Waals surface area contributed by atoms with E-state index >= 15 is 0 Å². The molecule has 1 fully saturated rings. The number of hydrogen-bond acceptors (Lipinski definition) is 4. The molecule has 1 aliphatic heterocycles. The molecule has 0 bridgehead atoms. The molecule has 1 atom stereocenters. The number of carbonyl (C=O) groups is 1. The molecule has 1 amide bonds. The van der Waals surface area contributed by atoms with Crippen LogP contribution in [0.15, 0.2) is 0 Å². The van der Waals surface area contributed by atoms with E-state index in [-0.39, 0.29) is 5.69 Å². The van der Waals surface area contributed by atoms with Crippen molar-refractivity contribution < 1.29 is 22.7 Å². The van der Waals surface area contributed by atoms with Crippen LogP contribution in [-0.4, -0.2) is 47.0 Å². The van der Waals surface area contributed by atoms with Gasteiger partial charge >= 0.3 is 6.18 Å². The second kappa shape index (κ2) is 6.43. The first kappa shape index (κ1) is 17.0. The smallest absolute Gasteiger partial charge is 0.379 e. The summed E-state index contributed by atoms with van der Waals surface area (Å²) in [5.41, 5.74) is 1.55. The fraction of sp³-hybridized carbons (Fsp3) is 0.667. The third kappa shape index (κ3) is 3.53. The standard InChI is InChI=1S/C12H16ClF3N4O2/c1-7-9(13)10(12(14,15)16)17-20(7)8(2)11(21)18-19-3-5-22-6-4-19/h8H,3-6H2,1-2H3,(H,18,21)/t8-/m1/s1. The van der Waals surface area contributed by atoms with Gasteiger partial charge in [-0.3, -0.25) is 14.9 Å². The van der Waals surface area contributed by atoms with Crippen molar-refractivity contribution in [2.45, 2.75) is 26.1 Å². The maximum atomic E-state index is 12.8. The average Bonchev–Trinajstić information content (AvgIpc) is 2.75. The number of nitrogens with zero attached hydrogens (tertiary/aromatic N) is 3. The van der Waals surface area contributed by atoms with E-state index in [4.69, 9.17) is 16.3 Å². The Balaban J connectivity index is 2.15. The summed E-state index contributed by atoms with van der Waals surface area (Å²) < 4.78 is 44.5. The van der Waals surface area contributed by atoms with Gasteiger partial charge in [-0.05, 0) is 13.8 Å². The Kier molecular flexibility index (Phi) is 4.98. The molecule has 2 heterocycles. The van der Waals surface area contributed by atoms with E-state index in [2.05, 4.69) is 10.5 Å². The minimum absolute atomic E-state index is 0.0959. The topological polar surface area (TPSA) is 59.4 Å². The van der Waals surface area contributed by atoms with Crippen LogP contribution >= 0.6 is 11.6 Å². The lowest BCUT2D eigenvalue weighted by atomic mass is 10.3. The zero-order valence-electron chi connectivity index (χ0n) is 12.1. The molecule has 22 heavy (non-hydrogen) atoms. The molecule has 0 aliphatic carbocycles. The fourth-order valence-corrected chi connectivity index (χ4v) is 2.32. The highest BCUT2D eigenvalue weighted by atomic mass is 35.5. The molecule has 1 aromatic heterocycles. The number of carbonyl (C=O) groups excluding carboxylic acids is 1. The number of halogens is 4. The summed E-state index contributed by atoms with van der Waals surface area (Å²) in [6.07, 6.45) is -4.66. The van der Waals surface area contributed by atoms with Crippen molar-refractivity contribution in [2.24, 2.45) is 0 Å². The number of aromatic nitrogens is 2. The van der Waals surface area contributed by atoms with E-state index in [0.717, 1.165) is 4.68 Å². The zero-order valence-corrected chi connectivity index (χ0v) is 12.8. The molecule has 0 saturated carbocycles.